The maximum Gasteiger partial charge on any atom is 0.130 e. The third kappa shape index (κ3) is 2.74. The Labute approximate surface area is 90.7 Å². The van der Waals surface area contributed by atoms with Crippen LogP contribution >= 0.6 is 11.5 Å². The van der Waals surface area contributed by atoms with Crippen molar-refractivity contribution in [2.45, 2.75) is 13.1 Å². The van der Waals surface area contributed by atoms with Crippen LogP contribution in [0.2, 0.25) is 0 Å². The summed E-state index contributed by atoms with van der Waals surface area (Å²) < 4.78 is 5.45. The minimum Gasteiger partial charge on any atom is -0.394 e. The van der Waals surface area contributed by atoms with Crippen LogP contribution in [0.3, 0.4) is 0 Å². The molecule has 0 aromatic carbocycles. The highest BCUT2D eigenvalue weighted by Gasteiger charge is 1.99. The number of rotatable bonds is 5. The molecule has 6 nitrogen and oxygen atoms in total. The van der Waals surface area contributed by atoms with Crippen molar-refractivity contribution in [3.8, 4) is 0 Å². The molecule has 2 rings (SSSR count). The SMILES string of the molecule is OCCn1cc(CNc2cnns2)cn1. The smallest absolute Gasteiger partial charge is 0.130 e. The van der Waals surface area contributed by atoms with Crippen LogP contribution in [0.25, 0.3) is 0 Å². The summed E-state index contributed by atoms with van der Waals surface area (Å²) in [6.45, 7) is 1.32. The first kappa shape index (κ1) is 10.1. The molecule has 80 valence electrons. The molecule has 0 saturated carbocycles. The molecule has 2 N–H and O–H groups in total. The van der Waals surface area contributed by atoms with Crippen LogP contribution in [0.4, 0.5) is 5.00 Å². The zero-order chi connectivity index (χ0) is 10.5. The van der Waals surface area contributed by atoms with Gasteiger partial charge in [0.25, 0.3) is 0 Å². The molecule has 0 aliphatic rings. The van der Waals surface area contributed by atoms with Gasteiger partial charge in [0.15, 0.2) is 0 Å². The second-order valence-electron chi connectivity index (χ2n) is 2.97. The van der Waals surface area contributed by atoms with Gasteiger partial charge in [-0.1, -0.05) is 4.49 Å². The van der Waals surface area contributed by atoms with Gasteiger partial charge in [-0.15, -0.1) is 5.10 Å². The molecule has 2 aromatic rings. The Morgan fingerprint density at radius 1 is 1.47 bits per heavy atom. The topological polar surface area (TPSA) is 75.9 Å². The number of nitrogens with zero attached hydrogens (tertiary/aromatic N) is 4. The summed E-state index contributed by atoms with van der Waals surface area (Å²) in [4.78, 5) is 0. The molecule has 0 spiro atoms. The van der Waals surface area contributed by atoms with E-state index in [0.717, 1.165) is 10.6 Å². The maximum absolute atomic E-state index is 8.72. The minimum atomic E-state index is 0.104. The van der Waals surface area contributed by atoms with E-state index < -0.39 is 0 Å². The molecule has 0 unspecified atom stereocenters. The normalized spacial score (nSPS) is 10.5. The number of hydrogen-bond acceptors (Lipinski definition) is 6. The van der Waals surface area contributed by atoms with Crippen molar-refractivity contribution in [3.63, 3.8) is 0 Å². The molecule has 2 heterocycles. The Morgan fingerprint density at radius 3 is 3.13 bits per heavy atom. The Balaban J connectivity index is 1.88. The first-order chi connectivity index (χ1) is 7.38. The highest BCUT2D eigenvalue weighted by Crippen LogP contribution is 2.10. The third-order valence-corrected chi connectivity index (χ3v) is 2.47. The third-order valence-electron chi connectivity index (χ3n) is 1.84. The van der Waals surface area contributed by atoms with Crippen LogP contribution in [-0.2, 0) is 13.1 Å². The molecule has 7 heteroatoms. The molecule has 15 heavy (non-hydrogen) atoms. The van der Waals surface area contributed by atoms with Gasteiger partial charge in [-0.3, -0.25) is 4.68 Å². The van der Waals surface area contributed by atoms with Gasteiger partial charge in [0.05, 0.1) is 25.5 Å². The first-order valence-electron chi connectivity index (χ1n) is 4.52. The van der Waals surface area contributed by atoms with Crippen LogP contribution in [0.15, 0.2) is 18.6 Å². The number of aliphatic hydroxyl groups is 1. The number of aliphatic hydroxyl groups excluding tert-OH is 1. The fourth-order valence-corrected chi connectivity index (χ4v) is 1.57. The van der Waals surface area contributed by atoms with Crippen molar-refractivity contribution in [2.24, 2.45) is 0 Å². The van der Waals surface area contributed by atoms with E-state index in [1.807, 2.05) is 6.20 Å². The Kier molecular flexibility index (Phi) is 3.25. The number of nitrogens with one attached hydrogen (secondary N) is 1. The summed E-state index contributed by atoms with van der Waals surface area (Å²) in [7, 11) is 0. The standard InChI is InChI=1S/C8H11N5OS/c14-2-1-13-6-7(4-11-13)3-9-8-5-10-12-15-8/h4-6,9,14H,1-3H2. The van der Waals surface area contributed by atoms with Crippen molar-refractivity contribution in [2.75, 3.05) is 11.9 Å². The van der Waals surface area contributed by atoms with Gasteiger partial charge in [-0.25, -0.2) is 0 Å². The number of aromatic nitrogens is 4. The lowest BCUT2D eigenvalue weighted by Gasteiger charge is -1.98. The average molecular weight is 225 g/mol. The highest BCUT2D eigenvalue weighted by atomic mass is 32.1. The van der Waals surface area contributed by atoms with Gasteiger partial charge in [0.1, 0.15) is 5.00 Å². The number of hydrogen-bond donors (Lipinski definition) is 2. The van der Waals surface area contributed by atoms with Gasteiger partial charge in [-0.2, -0.15) is 5.10 Å². The van der Waals surface area contributed by atoms with Crippen molar-refractivity contribution in [1.82, 2.24) is 19.4 Å². The molecule has 0 atom stereocenters. The van der Waals surface area contributed by atoms with E-state index in [4.69, 9.17) is 5.11 Å². The Hall–Kier alpha value is -1.47. The lowest BCUT2D eigenvalue weighted by atomic mass is 10.4. The van der Waals surface area contributed by atoms with Crippen LogP contribution in [0, 0.1) is 0 Å². The van der Waals surface area contributed by atoms with Gasteiger partial charge >= 0.3 is 0 Å². The van der Waals surface area contributed by atoms with Crippen LogP contribution in [0.1, 0.15) is 5.56 Å². The van der Waals surface area contributed by atoms with E-state index in [1.54, 1.807) is 17.1 Å². The van der Waals surface area contributed by atoms with Gasteiger partial charge in [0.2, 0.25) is 0 Å². The van der Waals surface area contributed by atoms with Crippen molar-refractivity contribution in [3.05, 3.63) is 24.2 Å². The maximum atomic E-state index is 8.72. The van der Waals surface area contributed by atoms with Gasteiger partial charge < -0.3 is 10.4 Å². The van der Waals surface area contributed by atoms with Gasteiger partial charge in [-0.05, 0) is 0 Å². The Morgan fingerprint density at radius 2 is 2.40 bits per heavy atom. The van der Waals surface area contributed by atoms with Crippen molar-refractivity contribution in [1.29, 1.82) is 0 Å². The van der Waals surface area contributed by atoms with E-state index in [2.05, 4.69) is 20.0 Å². The van der Waals surface area contributed by atoms with Gasteiger partial charge in [0, 0.05) is 29.8 Å². The van der Waals surface area contributed by atoms with E-state index >= 15 is 0 Å². The molecule has 0 bridgehead atoms. The Bertz CT molecular complexity index is 399. The monoisotopic (exact) mass is 225 g/mol. The quantitative estimate of drug-likeness (QED) is 0.767. The van der Waals surface area contributed by atoms with Crippen LogP contribution in [-0.4, -0.2) is 31.1 Å². The van der Waals surface area contributed by atoms with Crippen molar-refractivity contribution >= 4 is 16.5 Å². The molecule has 0 aliphatic heterocycles. The molecule has 0 fully saturated rings. The van der Waals surface area contributed by atoms with E-state index in [0.29, 0.717) is 13.1 Å². The summed E-state index contributed by atoms with van der Waals surface area (Å²) in [5, 5.41) is 20.6. The summed E-state index contributed by atoms with van der Waals surface area (Å²) in [5.74, 6) is 0. The predicted octanol–water partition coefficient (Wildman–Crippen LogP) is 0.339. The minimum absolute atomic E-state index is 0.104. The number of anilines is 1. The summed E-state index contributed by atoms with van der Waals surface area (Å²) in [5.41, 5.74) is 1.07. The summed E-state index contributed by atoms with van der Waals surface area (Å²) in [6, 6.07) is 0. The lowest BCUT2D eigenvalue weighted by molar-refractivity contribution is 0.269. The van der Waals surface area contributed by atoms with E-state index in [-0.39, 0.29) is 6.61 Å². The molecule has 2 aromatic heterocycles. The summed E-state index contributed by atoms with van der Waals surface area (Å²) in [6.07, 6.45) is 5.36. The zero-order valence-electron chi connectivity index (χ0n) is 8.00. The highest BCUT2D eigenvalue weighted by molar-refractivity contribution is 7.09. The zero-order valence-corrected chi connectivity index (χ0v) is 8.81. The molecule has 0 amide bonds. The lowest BCUT2D eigenvalue weighted by Crippen LogP contribution is -2.02. The molecule has 0 saturated heterocycles. The second-order valence-corrected chi connectivity index (χ2v) is 3.76. The molecule has 0 radical (unpaired) electrons. The van der Waals surface area contributed by atoms with Crippen LogP contribution in [0.5, 0.6) is 0 Å². The molecular weight excluding hydrogens is 214 g/mol. The summed E-state index contributed by atoms with van der Waals surface area (Å²) >= 11 is 1.32. The van der Waals surface area contributed by atoms with E-state index in [1.165, 1.54) is 11.5 Å². The van der Waals surface area contributed by atoms with Crippen molar-refractivity contribution < 1.29 is 5.11 Å². The average Bonchev–Trinajstić information content (AvgIpc) is 2.85. The fraction of sp³-hybridized carbons (Fsp3) is 0.375. The largest absolute Gasteiger partial charge is 0.394 e. The molecule has 0 aliphatic carbocycles. The molecular formula is C8H11N5OS. The second kappa shape index (κ2) is 4.85. The fourth-order valence-electron chi connectivity index (χ4n) is 1.16. The van der Waals surface area contributed by atoms with E-state index in [9.17, 15) is 0 Å². The van der Waals surface area contributed by atoms with Crippen LogP contribution < -0.4 is 5.32 Å². The predicted molar refractivity (Wildman–Crippen MR) is 56.5 cm³/mol. The first-order valence-corrected chi connectivity index (χ1v) is 5.29.